The lowest BCUT2D eigenvalue weighted by atomic mass is 10.0. The molecule has 2 aromatic rings. The predicted octanol–water partition coefficient (Wildman–Crippen LogP) is 2.53. The number of carbonyl (C=O) groups excluding carboxylic acids is 1. The third kappa shape index (κ3) is 3.33. The average molecular weight is 300 g/mol. The zero-order valence-electron chi connectivity index (χ0n) is 13.4. The SMILES string of the molecule is CN(C)CCCNC(=O)Cc1coc2cc3c(cc12)CCC3. The van der Waals surface area contributed by atoms with Crippen LogP contribution in [0.4, 0.5) is 0 Å². The molecule has 1 heterocycles. The minimum atomic E-state index is 0.0713. The monoisotopic (exact) mass is 300 g/mol. The van der Waals surface area contributed by atoms with E-state index < -0.39 is 0 Å². The van der Waals surface area contributed by atoms with Crippen molar-refractivity contribution in [1.29, 1.82) is 0 Å². The number of carbonyl (C=O) groups is 1. The maximum absolute atomic E-state index is 12.1. The molecule has 22 heavy (non-hydrogen) atoms. The van der Waals surface area contributed by atoms with Crippen molar-refractivity contribution in [3.63, 3.8) is 0 Å². The van der Waals surface area contributed by atoms with E-state index in [2.05, 4.69) is 22.3 Å². The van der Waals surface area contributed by atoms with Gasteiger partial charge in [0.1, 0.15) is 5.58 Å². The third-order valence-electron chi connectivity index (χ3n) is 4.32. The van der Waals surface area contributed by atoms with Gasteiger partial charge in [0.25, 0.3) is 0 Å². The smallest absolute Gasteiger partial charge is 0.224 e. The highest BCUT2D eigenvalue weighted by Gasteiger charge is 2.16. The summed E-state index contributed by atoms with van der Waals surface area (Å²) in [5.74, 6) is 0.0713. The van der Waals surface area contributed by atoms with Crippen LogP contribution >= 0.6 is 0 Å². The second-order valence-electron chi connectivity index (χ2n) is 6.42. The summed E-state index contributed by atoms with van der Waals surface area (Å²) in [6, 6.07) is 4.37. The van der Waals surface area contributed by atoms with Gasteiger partial charge in [0.05, 0.1) is 12.7 Å². The van der Waals surface area contributed by atoms with Crippen LogP contribution < -0.4 is 5.32 Å². The minimum Gasteiger partial charge on any atom is -0.464 e. The molecule has 0 bridgehead atoms. The Morgan fingerprint density at radius 3 is 2.82 bits per heavy atom. The van der Waals surface area contributed by atoms with Gasteiger partial charge in [0.15, 0.2) is 0 Å². The molecule has 1 aliphatic rings. The number of nitrogens with zero attached hydrogens (tertiary/aromatic N) is 1. The van der Waals surface area contributed by atoms with E-state index >= 15 is 0 Å². The average Bonchev–Trinajstić information content (AvgIpc) is 3.08. The van der Waals surface area contributed by atoms with Crippen molar-refractivity contribution in [2.45, 2.75) is 32.1 Å². The Hall–Kier alpha value is -1.81. The summed E-state index contributed by atoms with van der Waals surface area (Å²) in [6.45, 7) is 1.71. The Balaban J connectivity index is 1.63. The van der Waals surface area contributed by atoms with Crippen LogP contribution in [0, 0.1) is 0 Å². The van der Waals surface area contributed by atoms with Crippen molar-refractivity contribution in [2.24, 2.45) is 0 Å². The number of aryl methyl sites for hydroxylation is 2. The maximum Gasteiger partial charge on any atom is 0.224 e. The first-order valence-corrected chi connectivity index (χ1v) is 8.07. The molecule has 0 unspecified atom stereocenters. The zero-order valence-corrected chi connectivity index (χ0v) is 13.4. The molecule has 4 heteroatoms. The Morgan fingerprint density at radius 1 is 1.27 bits per heavy atom. The largest absolute Gasteiger partial charge is 0.464 e. The Morgan fingerprint density at radius 2 is 2.05 bits per heavy atom. The van der Waals surface area contributed by atoms with Crippen LogP contribution in [0.3, 0.4) is 0 Å². The number of nitrogens with one attached hydrogen (secondary N) is 1. The van der Waals surface area contributed by atoms with E-state index in [1.54, 1.807) is 6.26 Å². The van der Waals surface area contributed by atoms with Crippen molar-refractivity contribution in [3.8, 4) is 0 Å². The first kappa shape index (κ1) is 15.1. The molecule has 1 aromatic heterocycles. The Bertz CT molecular complexity index is 673. The van der Waals surface area contributed by atoms with Crippen LogP contribution in [0.1, 0.15) is 29.5 Å². The molecule has 0 saturated carbocycles. The van der Waals surface area contributed by atoms with Gasteiger partial charge in [-0.25, -0.2) is 0 Å². The number of hydrogen-bond acceptors (Lipinski definition) is 3. The third-order valence-corrected chi connectivity index (χ3v) is 4.32. The van der Waals surface area contributed by atoms with Gasteiger partial charge in [0, 0.05) is 17.5 Å². The van der Waals surface area contributed by atoms with Crippen LogP contribution in [0.15, 0.2) is 22.8 Å². The molecule has 1 aromatic carbocycles. The van der Waals surface area contributed by atoms with Crippen molar-refractivity contribution < 1.29 is 9.21 Å². The van der Waals surface area contributed by atoms with E-state index in [0.29, 0.717) is 6.42 Å². The van der Waals surface area contributed by atoms with E-state index in [4.69, 9.17) is 4.42 Å². The summed E-state index contributed by atoms with van der Waals surface area (Å²) in [6.07, 6.45) is 6.62. The first-order chi connectivity index (χ1) is 10.6. The van der Waals surface area contributed by atoms with Gasteiger partial charge in [-0.05, 0) is 69.6 Å². The van der Waals surface area contributed by atoms with E-state index in [1.165, 1.54) is 17.5 Å². The topological polar surface area (TPSA) is 45.5 Å². The fraction of sp³-hybridized carbons (Fsp3) is 0.500. The van der Waals surface area contributed by atoms with Crippen LogP contribution in [-0.4, -0.2) is 38.0 Å². The van der Waals surface area contributed by atoms with Gasteiger partial charge in [-0.15, -0.1) is 0 Å². The van der Waals surface area contributed by atoms with Crippen LogP contribution in [0.25, 0.3) is 11.0 Å². The molecule has 0 radical (unpaired) electrons. The van der Waals surface area contributed by atoms with Crippen molar-refractivity contribution in [2.75, 3.05) is 27.2 Å². The van der Waals surface area contributed by atoms with E-state index in [9.17, 15) is 4.79 Å². The van der Waals surface area contributed by atoms with Gasteiger partial charge in [0.2, 0.25) is 5.91 Å². The normalized spacial score (nSPS) is 13.8. The van der Waals surface area contributed by atoms with Crippen molar-refractivity contribution >= 4 is 16.9 Å². The van der Waals surface area contributed by atoms with Gasteiger partial charge in [-0.2, -0.15) is 0 Å². The highest BCUT2D eigenvalue weighted by Crippen LogP contribution is 2.30. The summed E-state index contributed by atoms with van der Waals surface area (Å²) >= 11 is 0. The van der Waals surface area contributed by atoms with Gasteiger partial charge in [-0.1, -0.05) is 0 Å². The molecule has 1 N–H and O–H groups in total. The van der Waals surface area contributed by atoms with Crippen LogP contribution in [0.5, 0.6) is 0 Å². The quantitative estimate of drug-likeness (QED) is 0.834. The molecule has 0 atom stereocenters. The summed E-state index contributed by atoms with van der Waals surface area (Å²) in [7, 11) is 4.08. The van der Waals surface area contributed by atoms with Gasteiger partial charge < -0.3 is 14.6 Å². The van der Waals surface area contributed by atoms with Gasteiger partial charge in [-0.3, -0.25) is 4.79 Å². The van der Waals surface area contributed by atoms with Crippen molar-refractivity contribution in [3.05, 3.63) is 35.1 Å². The molecule has 0 fully saturated rings. The second-order valence-corrected chi connectivity index (χ2v) is 6.42. The number of benzene rings is 1. The number of rotatable bonds is 6. The molecule has 1 amide bonds. The number of amides is 1. The fourth-order valence-electron chi connectivity index (χ4n) is 3.14. The number of fused-ring (bicyclic) bond motifs is 2. The summed E-state index contributed by atoms with van der Waals surface area (Å²) < 4.78 is 5.65. The Kier molecular flexibility index (Phi) is 4.48. The Labute approximate surface area is 131 Å². The molecule has 3 rings (SSSR count). The molecular formula is C18H24N2O2. The number of hydrogen-bond donors (Lipinski definition) is 1. The van der Waals surface area contributed by atoms with E-state index in [1.807, 2.05) is 14.1 Å². The van der Waals surface area contributed by atoms with E-state index in [-0.39, 0.29) is 5.91 Å². The molecular weight excluding hydrogens is 276 g/mol. The highest BCUT2D eigenvalue weighted by molar-refractivity contribution is 5.88. The minimum absolute atomic E-state index is 0.0713. The lowest BCUT2D eigenvalue weighted by molar-refractivity contribution is -0.120. The fourth-order valence-corrected chi connectivity index (χ4v) is 3.14. The lowest BCUT2D eigenvalue weighted by Gasteiger charge is -2.09. The lowest BCUT2D eigenvalue weighted by Crippen LogP contribution is -2.28. The molecule has 1 aliphatic carbocycles. The predicted molar refractivity (Wildman–Crippen MR) is 88.1 cm³/mol. The first-order valence-electron chi connectivity index (χ1n) is 8.07. The van der Waals surface area contributed by atoms with Gasteiger partial charge >= 0.3 is 0 Å². The summed E-state index contributed by atoms with van der Waals surface area (Å²) in [5.41, 5.74) is 4.73. The molecule has 118 valence electrons. The summed E-state index contributed by atoms with van der Waals surface area (Å²) in [4.78, 5) is 14.2. The van der Waals surface area contributed by atoms with E-state index in [0.717, 1.165) is 48.9 Å². The molecule has 0 spiro atoms. The standard InChI is InChI=1S/C18H24N2O2/c1-20(2)8-4-7-19-18(21)11-15-12-22-17-10-14-6-3-5-13(14)9-16(15)17/h9-10,12H,3-8,11H2,1-2H3,(H,19,21). The van der Waals surface area contributed by atoms with Crippen LogP contribution in [-0.2, 0) is 24.1 Å². The second kappa shape index (κ2) is 6.53. The zero-order chi connectivity index (χ0) is 15.5. The molecule has 0 saturated heterocycles. The number of furan rings is 1. The molecule has 0 aliphatic heterocycles. The molecule has 4 nitrogen and oxygen atoms in total. The van der Waals surface area contributed by atoms with Crippen molar-refractivity contribution in [1.82, 2.24) is 10.2 Å². The summed E-state index contributed by atoms with van der Waals surface area (Å²) in [5, 5.41) is 4.09. The maximum atomic E-state index is 12.1. The van der Waals surface area contributed by atoms with Crippen LogP contribution in [0.2, 0.25) is 0 Å². The highest BCUT2D eigenvalue weighted by atomic mass is 16.3.